The third-order valence-corrected chi connectivity index (χ3v) is 4.23. The molecule has 1 heterocycles. The van der Waals surface area contributed by atoms with Crippen LogP contribution in [0.25, 0.3) is 10.9 Å². The fourth-order valence-electron chi connectivity index (χ4n) is 2.77. The number of benzene rings is 2. The van der Waals surface area contributed by atoms with E-state index in [0.717, 1.165) is 33.5 Å². The average molecular weight is 312 g/mol. The summed E-state index contributed by atoms with van der Waals surface area (Å²) in [6, 6.07) is 15.9. The van der Waals surface area contributed by atoms with Crippen molar-refractivity contribution in [2.45, 2.75) is 26.3 Å². The van der Waals surface area contributed by atoms with Gasteiger partial charge in [0.1, 0.15) is 0 Å². The summed E-state index contributed by atoms with van der Waals surface area (Å²) < 4.78 is 2.11. The second-order valence-electron chi connectivity index (χ2n) is 5.45. The number of halogens is 1. The molecule has 0 atom stereocenters. The lowest BCUT2D eigenvalue weighted by atomic mass is 10.1. The molecule has 0 aliphatic rings. The van der Waals surface area contributed by atoms with Crippen LogP contribution < -0.4 is 0 Å². The highest BCUT2D eigenvalue weighted by molar-refractivity contribution is 6.31. The van der Waals surface area contributed by atoms with Crippen molar-refractivity contribution in [3.8, 4) is 0 Å². The summed E-state index contributed by atoms with van der Waals surface area (Å²) in [4.78, 5) is 12.4. The van der Waals surface area contributed by atoms with Crippen LogP contribution in [0.2, 0.25) is 5.02 Å². The molecule has 0 saturated heterocycles. The van der Waals surface area contributed by atoms with Crippen LogP contribution in [0.3, 0.4) is 0 Å². The van der Waals surface area contributed by atoms with Crippen LogP contribution in [-0.2, 0) is 6.54 Å². The first-order chi connectivity index (χ1) is 10.7. The maximum absolute atomic E-state index is 12.4. The van der Waals surface area contributed by atoms with Gasteiger partial charge in [-0.15, -0.1) is 0 Å². The number of hydrogen-bond donors (Lipinski definition) is 0. The van der Waals surface area contributed by atoms with Crippen LogP contribution in [0.15, 0.2) is 54.7 Å². The molecular weight excluding hydrogens is 294 g/mol. The molecule has 3 aromatic rings. The Kier molecular flexibility index (Phi) is 4.30. The minimum absolute atomic E-state index is 0.205. The van der Waals surface area contributed by atoms with Gasteiger partial charge in [-0.05, 0) is 24.1 Å². The van der Waals surface area contributed by atoms with Crippen LogP contribution >= 0.6 is 11.6 Å². The number of carbonyl (C=O) groups is 1. The van der Waals surface area contributed by atoms with E-state index in [1.165, 1.54) is 0 Å². The number of Topliss-reactive ketones (excluding diaryl/α,β-unsaturated/α-hetero) is 1. The van der Waals surface area contributed by atoms with Crippen LogP contribution in [0.5, 0.6) is 0 Å². The highest BCUT2D eigenvalue weighted by Gasteiger charge is 2.14. The van der Waals surface area contributed by atoms with Gasteiger partial charge < -0.3 is 4.57 Å². The van der Waals surface area contributed by atoms with Crippen molar-refractivity contribution in [3.05, 3.63) is 70.9 Å². The fraction of sp³-hybridized carbons (Fsp3) is 0.211. The van der Waals surface area contributed by atoms with E-state index in [-0.39, 0.29) is 5.78 Å². The molecule has 0 radical (unpaired) electrons. The summed E-state index contributed by atoms with van der Waals surface area (Å²) in [5, 5.41) is 1.77. The molecule has 112 valence electrons. The van der Waals surface area contributed by atoms with Crippen LogP contribution in [0.4, 0.5) is 0 Å². The van der Waals surface area contributed by atoms with Crippen molar-refractivity contribution in [1.29, 1.82) is 0 Å². The van der Waals surface area contributed by atoms with E-state index in [2.05, 4.69) is 10.6 Å². The summed E-state index contributed by atoms with van der Waals surface area (Å²) >= 11 is 6.26. The van der Waals surface area contributed by atoms with Crippen molar-refractivity contribution in [2.24, 2.45) is 0 Å². The summed E-state index contributed by atoms with van der Waals surface area (Å²) in [6.45, 7) is 2.69. The minimum Gasteiger partial charge on any atom is -0.342 e. The molecule has 0 fully saturated rings. The van der Waals surface area contributed by atoms with Gasteiger partial charge in [-0.2, -0.15) is 0 Å². The Balaban J connectivity index is 2.07. The van der Waals surface area contributed by atoms with Gasteiger partial charge in [-0.25, -0.2) is 0 Å². The molecule has 0 bridgehead atoms. The Morgan fingerprint density at radius 3 is 2.59 bits per heavy atom. The summed E-state index contributed by atoms with van der Waals surface area (Å²) in [7, 11) is 0. The number of rotatable bonds is 5. The number of para-hydroxylation sites is 1. The van der Waals surface area contributed by atoms with E-state index < -0.39 is 0 Å². The van der Waals surface area contributed by atoms with Gasteiger partial charge in [0.25, 0.3) is 0 Å². The molecule has 22 heavy (non-hydrogen) atoms. The van der Waals surface area contributed by atoms with Gasteiger partial charge in [0.15, 0.2) is 5.78 Å². The predicted octanol–water partition coefficient (Wildman–Crippen LogP) is 5.33. The molecule has 0 unspecified atom stereocenters. The van der Waals surface area contributed by atoms with Gasteiger partial charge in [-0.1, -0.05) is 54.9 Å². The number of ketones is 1. The lowest BCUT2D eigenvalue weighted by Crippen LogP contribution is -2.00. The highest BCUT2D eigenvalue weighted by atomic mass is 35.5. The quantitative estimate of drug-likeness (QED) is 0.584. The largest absolute Gasteiger partial charge is 0.342 e. The topological polar surface area (TPSA) is 22.0 Å². The van der Waals surface area contributed by atoms with E-state index in [1.54, 1.807) is 0 Å². The molecule has 0 spiro atoms. The molecule has 2 nitrogen and oxygen atoms in total. The Hall–Kier alpha value is -2.06. The fourth-order valence-corrected chi connectivity index (χ4v) is 2.97. The first kappa shape index (κ1) is 14.9. The van der Waals surface area contributed by atoms with Crippen LogP contribution in [0.1, 0.15) is 35.7 Å². The number of hydrogen-bond acceptors (Lipinski definition) is 1. The standard InChI is InChI=1S/C19H18ClNO/c1-2-7-19(22)16-13-21(18-11-6-4-9-15(16)18)12-14-8-3-5-10-17(14)20/h3-6,8-11,13H,2,7,12H2,1H3. The molecule has 3 heteroatoms. The lowest BCUT2D eigenvalue weighted by Gasteiger charge is -2.07. The third-order valence-electron chi connectivity index (χ3n) is 3.86. The normalized spacial score (nSPS) is 11.0. The third kappa shape index (κ3) is 2.79. The summed E-state index contributed by atoms with van der Waals surface area (Å²) in [5.41, 5.74) is 2.94. The van der Waals surface area contributed by atoms with Gasteiger partial charge in [0, 0.05) is 40.7 Å². The predicted molar refractivity (Wildman–Crippen MR) is 91.7 cm³/mol. The van der Waals surface area contributed by atoms with Crippen molar-refractivity contribution < 1.29 is 4.79 Å². The van der Waals surface area contributed by atoms with E-state index in [0.29, 0.717) is 13.0 Å². The summed E-state index contributed by atoms with van der Waals surface area (Å²) in [5.74, 6) is 0.205. The van der Waals surface area contributed by atoms with Gasteiger partial charge in [-0.3, -0.25) is 4.79 Å². The molecule has 3 rings (SSSR count). The zero-order valence-corrected chi connectivity index (χ0v) is 13.3. The molecule has 0 saturated carbocycles. The maximum Gasteiger partial charge on any atom is 0.165 e. The second kappa shape index (κ2) is 6.37. The van der Waals surface area contributed by atoms with Crippen LogP contribution in [-0.4, -0.2) is 10.4 Å². The molecule has 1 aromatic heterocycles. The minimum atomic E-state index is 0.205. The molecule has 0 amide bonds. The molecular formula is C19H18ClNO. The Bertz CT molecular complexity index is 819. The number of fused-ring (bicyclic) bond motifs is 1. The lowest BCUT2D eigenvalue weighted by molar-refractivity contribution is 0.0983. The number of aromatic nitrogens is 1. The van der Waals surface area contributed by atoms with Crippen molar-refractivity contribution >= 4 is 28.3 Å². The Morgan fingerprint density at radius 1 is 1.09 bits per heavy atom. The number of carbonyl (C=O) groups excluding carboxylic acids is 1. The summed E-state index contributed by atoms with van der Waals surface area (Å²) in [6.07, 6.45) is 3.41. The monoisotopic (exact) mass is 311 g/mol. The van der Waals surface area contributed by atoms with Gasteiger partial charge in [0.2, 0.25) is 0 Å². The van der Waals surface area contributed by atoms with E-state index in [9.17, 15) is 4.79 Å². The zero-order valence-electron chi connectivity index (χ0n) is 12.6. The van der Waals surface area contributed by atoms with E-state index >= 15 is 0 Å². The molecule has 0 N–H and O–H groups in total. The highest BCUT2D eigenvalue weighted by Crippen LogP contribution is 2.25. The van der Waals surface area contributed by atoms with E-state index in [4.69, 9.17) is 11.6 Å². The van der Waals surface area contributed by atoms with Crippen molar-refractivity contribution in [2.75, 3.05) is 0 Å². The van der Waals surface area contributed by atoms with Crippen molar-refractivity contribution in [3.63, 3.8) is 0 Å². The number of nitrogens with zero attached hydrogens (tertiary/aromatic N) is 1. The smallest absolute Gasteiger partial charge is 0.165 e. The molecule has 2 aromatic carbocycles. The zero-order chi connectivity index (χ0) is 15.5. The Morgan fingerprint density at radius 2 is 1.82 bits per heavy atom. The maximum atomic E-state index is 12.4. The second-order valence-corrected chi connectivity index (χ2v) is 5.86. The van der Waals surface area contributed by atoms with Crippen molar-refractivity contribution in [1.82, 2.24) is 4.57 Å². The molecule has 0 aliphatic carbocycles. The van der Waals surface area contributed by atoms with Gasteiger partial charge >= 0.3 is 0 Å². The molecule has 0 aliphatic heterocycles. The van der Waals surface area contributed by atoms with E-state index in [1.807, 2.05) is 55.6 Å². The first-order valence-corrected chi connectivity index (χ1v) is 7.93. The SMILES string of the molecule is CCCC(=O)c1cn(Cc2ccccc2Cl)c2ccccc12. The van der Waals surface area contributed by atoms with Gasteiger partial charge in [0.05, 0.1) is 0 Å². The Labute approximate surface area is 135 Å². The van der Waals surface area contributed by atoms with Crippen LogP contribution in [0, 0.1) is 0 Å². The first-order valence-electron chi connectivity index (χ1n) is 7.55. The average Bonchev–Trinajstić information content (AvgIpc) is 2.89.